The molecule has 0 radical (unpaired) electrons. The topological polar surface area (TPSA) is 43.4 Å². The van der Waals surface area contributed by atoms with Crippen LogP contribution >= 0.6 is 0 Å². The van der Waals surface area contributed by atoms with Crippen LogP contribution in [-0.2, 0) is 9.47 Å². The smallest absolute Gasteiger partial charge is 0.0974 e. The molecule has 2 aromatic rings. The molecule has 6 aliphatic rings. The zero-order valence-corrected chi connectivity index (χ0v) is 21.7. The minimum atomic E-state index is -0.0883. The molecule has 4 fully saturated rings. The molecule has 6 atom stereocenters. The Labute approximate surface area is 214 Å². The van der Waals surface area contributed by atoms with Crippen LogP contribution in [0.1, 0.15) is 76.7 Å². The molecule has 36 heavy (non-hydrogen) atoms. The quantitative estimate of drug-likeness (QED) is 0.564. The normalized spacial score (nSPS) is 42.1. The lowest BCUT2D eigenvalue weighted by atomic mass is 9.58. The molecule has 2 saturated carbocycles. The van der Waals surface area contributed by atoms with Crippen molar-refractivity contribution in [2.75, 3.05) is 13.2 Å². The van der Waals surface area contributed by atoms with Crippen molar-refractivity contribution in [3.05, 3.63) is 65.5 Å². The van der Waals surface area contributed by atoms with Crippen LogP contribution in [0, 0.1) is 11.3 Å². The van der Waals surface area contributed by atoms with Gasteiger partial charge in [-0.15, -0.1) is 0 Å². The van der Waals surface area contributed by atoms with Gasteiger partial charge in [0, 0.05) is 23.8 Å². The molecule has 0 amide bonds. The predicted molar refractivity (Wildman–Crippen MR) is 142 cm³/mol. The highest BCUT2D eigenvalue weighted by Crippen LogP contribution is 2.69. The summed E-state index contributed by atoms with van der Waals surface area (Å²) in [7, 11) is 0. The number of nitrogens with zero attached hydrogens (tertiary/aromatic N) is 1. The Morgan fingerprint density at radius 2 is 1.94 bits per heavy atom. The number of hydrogen-bond donors (Lipinski definition) is 1. The van der Waals surface area contributed by atoms with Gasteiger partial charge in [0.05, 0.1) is 30.0 Å². The third kappa shape index (κ3) is 2.90. The zero-order chi connectivity index (χ0) is 24.2. The van der Waals surface area contributed by atoms with Crippen molar-refractivity contribution < 1.29 is 9.47 Å². The second-order valence-corrected chi connectivity index (χ2v) is 13.3. The van der Waals surface area contributed by atoms with Crippen molar-refractivity contribution in [1.82, 2.24) is 10.3 Å². The van der Waals surface area contributed by atoms with Gasteiger partial charge in [-0.05, 0) is 110 Å². The molecule has 2 bridgehead atoms. The van der Waals surface area contributed by atoms with E-state index in [1.165, 1.54) is 54.0 Å². The Bertz CT molecular complexity index is 1310. The van der Waals surface area contributed by atoms with E-state index in [9.17, 15) is 0 Å². The van der Waals surface area contributed by atoms with E-state index in [-0.39, 0.29) is 22.2 Å². The highest BCUT2D eigenvalue weighted by Gasteiger charge is 2.66. The molecular weight excluding hydrogens is 444 g/mol. The fraction of sp³-hybridized carbons (Fsp3) is 0.594. The summed E-state index contributed by atoms with van der Waals surface area (Å²) in [6, 6.07) is 9.74. The van der Waals surface area contributed by atoms with Gasteiger partial charge in [-0.3, -0.25) is 4.98 Å². The highest BCUT2D eigenvalue weighted by atomic mass is 16.5. The van der Waals surface area contributed by atoms with Gasteiger partial charge in [-0.1, -0.05) is 31.2 Å². The first kappa shape index (κ1) is 22.0. The summed E-state index contributed by atoms with van der Waals surface area (Å²) in [6.07, 6.45) is 18.6. The van der Waals surface area contributed by atoms with Crippen LogP contribution in [-0.4, -0.2) is 41.0 Å². The number of aromatic nitrogens is 1. The largest absolute Gasteiger partial charge is 0.377 e. The molecule has 1 N–H and O–H groups in total. The molecule has 1 aromatic carbocycles. The van der Waals surface area contributed by atoms with Crippen molar-refractivity contribution in [3.8, 4) is 0 Å². The van der Waals surface area contributed by atoms with Gasteiger partial charge in [-0.25, -0.2) is 0 Å². The molecule has 2 saturated heterocycles. The Hall–Kier alpha value is -2.01. The van der Waals surface area contributed by atoms with Gasteiger partial charge < -0.3 is 14.8 Å². The first-order chi connectivity index (χ1) is 17.4. The molecule has 3 aliphatic carbocycles. The molecule has 4 nitrogen and oxygen atoms in total. The van der Waals surface area contributed by atoms with E-state index in [1.807, 2.05) is 12.4 Å². The van der Waals surface area contributed by atoms with Gasteiger partial charge in [0.15, 0.2) is 0 Å². The maximum Gasteiger partial charge on any atom is 0.0974 e. The Balaban J connectivity index is 1.13. The van der Waals surface area contributed by atoms with Gasteiger partial charge in [0.25, 0.3) is 0 Å². The number of pyridine rings is 1. The summed E-state index contributed by atoms with van der Waals surface area (Å²) in [4.78, 5) is 4.39. The SMILES string of the molecule is CC1(N[C@H]2CCC3=CC4=CC[C@]5(C)C(c6ccc7ccncc7c6)CC[C@H]5C45CC[C@]3(C2)O5)COC1. The first-order valence-corrected chi connectivity index (χ1v) is 14.2. The molecule has 188 valence electrons. The van der Waals surface area contributed by atoms with Crippen molar-refractivity contribution in [2.45, 2.75) is 93.9 Å². The second kappa shape index (κ2) is 7.30. The zero-order valence-electron chi connectivity index (χ0n) is 21.7. The van der Waals surface area contributed by atoms with Crippen LogP contribution in [0.4, 0.5) is 0 Å². The van der Waals surface area contributed by atoms with E-state index in [0.717, 1.165) is 32.5 Å². The monoisotopic (exact) mass is 482 g/mol. The van der Waals surface area contributed by atoms with Crippen LogP contribution in [0.5, 0.6) is 0 Å². The van der Waals surface area contributed by atoms with Gasteiger partial charge in [0.1, 0.15) is 0 Å². The lowest BCUT2D eigenvalue weighted by Crippen LogP contribution is -2.63. The van der Waals surface area contributed by atoms with Gasteiger partial charge in [0.2, 0.25) is 0 Å². The lowest BCUT2D eigenvalue weighted by Gasteiger charge is -2.55. The summed E-state index contributed by atoms with van der Waals surface area (Å²) in [5.41, 5.74) is 4.83. The fourth-order valence-corrected chi connectivity index (χ4v) is 9.38. The van der Waals surface area contributed by atoms with Crippen LogP contribution in [0.2, 0.25) is 0 Å². The Kier molecular flexibility index (Phi) is 4.47. The van der Waals surface area contributed by atoms with E-state index in [1.54, 1.807) is 5.57 Å². The average molecular weight is 483 g/mol. The summed E-state index contributed by atoms with van der Waals surface area (Å²) in [5, 5.41) is 6.50. The number of rotatable bonds is 3. The lowest BCUT2D eigenvalue weighted by molar-refractivity contribution is -0.140. The summed E-state index contributed by atoms with van der Waals surface area (Å²) < 4.78 is 13.0. The molecule has 2 unspecified atom stereocenters. The Morgan fingerprint density at radius 3 is 2.81 bits per heavy atom. The van der Waals surface area contributed by atoms with Crippen molar-refractivity contribution in [2.24, 2.45) is 11.3 Å². The van der Waals surface area contributed by atoms with Crippen LogP contribution in [0.15, 0.2) is 60.0 Å². The fourth-order valence-electron chi connectivity index (χ4n) is 9.38. The molecule has 4 heterocycles. The number of ether oxygens (including phenoxy) is 2. The van der Waals surface area contributed by atoms with Crippen LogP contribution in [0.25, 0.3) is 10.8 Å². The number of hydrogen-bond acceptors (Lipinski definition) is 4. The molecule has 3 aliphatic heterocycles. The third-order valence-corrected chi connectivity index (χ3v) is 11.1. The Morgan fingerprint density at radius 1 is 1.03 bits per heavy atom. The van der Waals surface area contributed by atoms with E-state index >= 15 is 0 Å². The molecule has 2 spiro atoms. The highest BCUT2D eigenvalue weighted by molar-refractivity contribution is 5.82. The maximum absolute atomic E-state index is 7.49. The van der Waals surface area contributed by atoms with Crippen LogP contribution < -0.4 is 5.32 Å². The first-order valence-electron chi connectivity index (χ1n) is 14.2. The summed E-state index contributed by atoms with van der Waals surface area (Å²) in [5.74, 6) is 1.16. The van der Waals surface area contributed by atoms with E-state index in [2.05, 4.69) is 60.6 Å². The minimum absolute atomic E-state index is 0.0564. The maximum atomic E-state index is 7.49. The van der Waals surface area contributed by atoms with E-state index in [4.69, 9.17) is 9.47 Å². The molecule has 4 heteroatoms. The van der Waals surface area contributed by atoms with E-state index < -0.39 is 0 Å². The molecular formula is C32H38N2O2. The second-order valence-electron chi connectivity index (χ2n) is 13.3. The number of fused-ring (bicyclic) bond motifs is 2. The third-order valence-electron chi connectivity index (χ3n) is 11.1. The molecule has 8 rings (SSSR count). The molecule has 1 aromatic heterocycles. The van der Waals surface area contributed by atoms with E-state index in [0.29, 0.717) is 17.9 Å². The van der Waals surface area contributed by atoms with Crippen molar-refractivity contribution in [3.63, 3.8) is 0 Å². The number of benzene rings is 1. The van der Waals surface area contributed by atoms with Crippen molar-refractivity contribution >= 4 is 10.8 Å². The minimum Gasteiger partial charge on any atom is -0.377 e. The summed E-state index contributed by atoms with van der Waals surface area (Å²) in [6.45, 7) is 6.56. The predicted octanol–water partition coefficient (Wildman–Crippen LogP) is 6.22. The average Bonchev–Trinajstić information content (AvgIpc) is 3.38. The van der Waals surface area contributed by atoms with Crippen LogP contribution in [0.3, 0.4) is 0 Å². The van der Waals surface area contributed by atoms with Gasteiger partial charge >= 0.3 is 0 Å². The van der Waals surface area contributed by atoms with Gasteiger partial charge in [-0.2, -0.15) is 0 Å². The number of allylic oxidation sites excluding steroid dienone is 1. The number of nitrogens with one attached hydrogen (secondary N) is 1. The van der Waals surface area contributed by atoms with Crippen molar-refractivity contribution in [1.29, 1.82) is 0 Å². The standard InChI is InChI=1S/C32H38N2O2/c1-29(19-35-20-29)34-26-6-5-24-16-25-9-11-30(2)27(22-4-3-21-10-14-33-18-23(21)15-22)7-8-28(30)32(25)13-12-31(24,17-26)36-32/h3-4,9-10,14-16,18,26-28,34H,5-8,11-13,17,19-20H2,1-2H3/t26-,27?,28+,30+,31+,32?/m0/s1. The summed E-state index contributed by atoms with van der Waals surface area (Å²) >= 11 is 0.